The van der Waals surface area contributed by atoms with Crippen molar-refractivity contribution in [2.45, 2.75) is 156 Å². The van der Waals surface area contributed by atoms with Gasteiger partial charge in [0, 0.05) is 114 Å². The summed E-state index contributed by atoms with van der Waals surface area (Å²) >= 11 is 0. The number of alkyl halides is 9. The summed E-state index contributed by atoms with van der Waals surface area (Å²) in [4.78, 5) is 111. The zero-order valence-corrected chi connectivity index (χ0v) is 81.9. The third-order valence-electron chi connectivity index (χ3n) is 27.0. The van der Waals surface area contributed by atoms with Gasteiger partial charge in [-0.1, -0.05) is 53.1 Å². The number of carbonyl (C=O) groups excluding carboxylic acids is 6. The molecule has 0 aliphatic carbocycles. The molecule has 6 aliphatic rings. The van der Waals surface area contributed by atoms with Gasteiger partial charge in [-0.25, -0.2) is 48.7 Å². The van der Waals surface area contributed by atoms with Crippen LogP contribution in [0.25, 0.3) is 66.9 Å². The highest BCUT2D eigenvalue weighted by Crippen LogP contribution is 2.48. The molecule has 6 aliphatic heterocycles. The fourth-order valence-electron chi connectivity index (χ4n) is 18.9. The largest absolute Gasteiger partial charge is 0.496 e. The number of cyclic esters (lactones) is 3. The monoisotopic (exact) mass is 1980 g/mol. The lowest BCUT2D eigenvalue weighted by atomic mass is 9.94. The number of carbonyl (C=O) groups is 6. The topological polar surface area (TPSA) is 274 Å². The van der Waals surface area contributed by atoms with Crippen molar-refractivity contribution in [3.05, 3.63) is 278 Å². The highest BCUT2D eigenvalue weighted by Gasteiger charge is 2.47. The molecule has 0 saturated carbocycles. The van der Waals surface area contributed by atoms with Crippen LogP contribution in [-0.2, 0) is 73.6 Å². The van der Waals surface area contributed by atoms with Crippen molar-refractivity contribution < 1.29 is 111 Å². The maximum absolute atomic E-state index is 13.7. The van der Waals surface area contributed by atoms with Gasteiger partial charge in [-0.05, 0) is 248 Å². The van der Waals surface area contributed by atoms with Crippen LogP contribution in [0.5, 0.6) is 17.2 Å². The second-order valence-corrected chi connectivity index (χ2v) is 36.2. The number of ether oxygens (including phenoxy) is 9. The van der Waals surface area contributed by atoms with E-state index in [1.54, 1.807) is 118 Å². The SMILES string of the molecule is CCOC(=O)c1c(C)c(-c2ccc(OC)c(-c3ccc(N4CCC4)nc3CN3C(=O)O[C@H](c4cc(C)cc(C(F)(F)F)c4)[C@@H]3C)c2)c(C)n1C.COC(=O)c1ccc(-c2ccc(OC)c(-c3ccc(N4CCC4)nc3CN3C(=O)O[C@H](c4cc(C)cc(C(F)(F)F)c4)[C@@H]3C)c2)cn1.COC(=O)c1ccc(-c2ccc(OC)c(-c3ccc(N4CCC4)nc3CN3C(=O)O[C@H](c4cc(C)cc(C(F)(F)F)c4)[C@@H]3C)c2)nc1. The maximum Gasteiger partial charge on any atom is 0.416 e. The number of halogens is 9. The van der Waals surface area contributed by atoms with E-state index in [0.717, 1.165) is 163 Å². The first-order valence-electron chi connectivity index (χ1n) is 46.9. The fraction of sp³-hybridized carbons (Fsp3) is 0.343. The van der Waals surface area contributed by atoms with E-state index in [9.17, 15) is 68.3 Å². The molecule has 6 aromatic heterocycles. The molecule has 752 valence electrons. The molecule has 0 spiro atoms. The molecule has 6 saturated heterocycles. The predicted molar refractivity (Wildman–Crippen MR) is 519 cm³/mol. The van der Waals surface area contributed by atoms with Gasteiger partial charge in [0.2, 0.25) is 0 Å². The van der Waals surface area contributed by atoms with Gasteiger partial charge < -0.3 is 61.9 Å². The molecular weight excluding hydrogens is 1880 g/mol. The molecule has 0 N–H and O–H groups in total. The number of benzene rings is 6. The average molecular weight is 1980 g/mol. The smallest absolute Gasteiger partial charge is 0.416 e. The first-order valence-corrected chi connectivity index (χ1v) is 46.9. The molecule has 12 heterocycles. The van der Waals surface area contributed by atoms with Crippen molar-refractivity contribution in [3.63, 3.8) is 0 Å². The van der Waals surface area contributed by atoms with Crippen LogP contribution in [0.2, 0.25) is 0 Å². The van der Waals surface area contributed by atoms with Gasteiger partial charge in [0.1, 0.15) is 64.4 Å². The fourth-order valence-corrected chi connectivity index (χ4v) is 18.9. The lowest BCUT2D eigenvalue weighted by Gasteiger charge is -2.33. The molecule has 27 nitrogen and oxygen atoms in total. The molecule has 12 aromatic rings. The number of esters is 3. The third kappa shape index (κ3) is 21.2. The van der Waals surface area contributed by atoms with E-state index in [1.807, 2.05) is 116 Å². The minimum atomic E-state index is -4.53. The Bertz CT molecular complexity index is 6640. The summed E-state index contributed by atoms with van der Waals surface area (Å²) in [6.45, 7) is 21.2. The highest BCUT2D eigenvalue weighted by atomic mass is 19.4. The van der Waals surface area contributed by atoms with Crippen molar-refractivity contribution in [1.82, 2.24) is 44.2 Å². The van der Waals surface area contributed by atoms with E-state index in [0.29, 0.717) is 90.2 Å². The number of methoxy groups -OCH3 is 5. The van der Waals surface area contributed by atoms with Crippen molar-refractivity contribution in [2.24, 2.45) is 7.05 Å². The molecular formula is C108H107F9N12O15. The Labute approximate surface area is 825 Å². The van der Waals surface area contributed by atoms with E-state index in [4.69, 9.17) is 57.6 Å². The Morgan fingerprint density at radius 1 is 0.403 bits per heavy atom. The number of amides is 3. The van der Waals surface area contributed by atoms with Crippen LogP contribution >= 0.6 is 0 Å². The first-order chi connectivity index (χ1) is 68.6. The maximum atomic E-state index is 13.7. The quantitative estimate of drug-likeness (QED) is 0.0292. The number of rotatable bonds is 25. The lowest BCUT2D eigenvalue weighted by molar-refractivity contribution is -0.138. The van der Waals surface area contributed by atoms with Gasteiger partial charge in [-0.2, -0.15) is 39.5 Å². The summed E-state index contributed by atoms with van der Waals surface area (Å²) in [5.74, 6) is 2.59. The second kappa shape index (κ2) is 41.7. The first kappa shape index (κ1) is 102. The molecule has 6 aromatic carbocycles. The van der Waals surface area contributed by atoms with E-state index in [1.165, 1.54) is 35.1 Å². The molecule has 3 amide bonds. The predicted octanol–water partition coefficient (Wildman–Crippen LogP) is 22.6. The summed E-state index contributed by atoms with van der Waals surface area (Å²) in [7, 11) is 9.14. The van der Waals surface area contributed by atoms with Gasteiger partial charge in [0.25, 0.3) is 0 Å². The summed E-state index contributed by atoms with van der Waals surface area (Å²) in [5, 5.41) is 0. The summed E-state index contributed by atoms with van der Waals surface area (Å²) < 4.78 is 174. The van der Waals surface area contributed by atoms with Crippen molar-refractivity contribution in [1.29, 1.82) is 0 Å². The zero-order chi connectivity index (χ0) is 103. The minimum Gasteiger partial charge on any atom is -0.496 e. The van der Waals surface area contributed by atoms with Crippen molar-refractivity contribution in [2.75, 3.05) is 96.1 Å². The van der Waals surface area contributed by atoms with Crippen molar-refractivity contribution in [3.8, 4) is 84.1 Å². The van der Waals surface area contributed by atoms with E-state index in [-0.39, 0.29) is 48.6 Å². The second-order valence-electron chi connectivity index (χ2n) is 36.2. The molecule has 0 unspecified atom stereocenters. The number of aryl methyl sites for hydroxylation is 3. The number of pyridine rings is 5. The Hall–Kier alpha value is -15.3. The minimum absolute atomic E-state index is 0.0465. The molecule has 144 heavy (non-hydrogen) atoms. The number of hydrogen-bond acceptors (Lipinski definition) is 23. The summed E-state index contributed by atoms with van der Waals surface area (Å²) in [5.41, 5.74) is 13.1. The molecule has 6 fully saturated rings. The summed E-state index contributed by atoms with van der Waals surface area (Å²) in [6, 6.07) is 44.8. The van der Waals surface area contributed by atoms with Gasteiger partial charge in [0.05, 0.1) is 125 Å². The molecule has 6 atom stereocenters. The normalized spacial score (nSPS) is 17.7. The van der Waals surface area contributed by atoms with Crippen LogP contribution in [0.15, 0.2) is 182 Å². The average Bonchev–Trinajstić information content (AvgIpc) is 1.46. The van der Waals surface area contributed by atoms with Crippen LogP contribution in [0, 0.1) is 34.6 Å². The zero-order valence-electron chi connectivity index (χ0n) is 81.9. The van der Waals surface area contributed by atoms with Gasteiger partial charge in [-0.15, -0.1) is 0 Å². The lowest BCUT2D eigenvalue weighted by Crippen LogP contribution is -2.38. The molecule has 18 rings (SSSR count). The van der Waals surface area contributed by atoms with E-state index >= 15 is 0 Å². The standard InChI is InChI=1S/C38H41F3N4O5.2C35H33F3N4O5/c1-8-49-36(46)34-22(3)33(23(4)43(34)6)25-10-12-31(48-7)29(19-25)28-11-13-32(44-14-9-15-44)42-30(28)20-45-24(5)35(50-37(45)47)26-16-21(2)17-27(18-26)38(39,40)41;1-20-14-24(16-25(15-20)35(36,37)38)32-21(2)42(34(44)47-32)19-29-26(8-11-31(40-29)41-12-5-13-41)27-17-22(7-10-30(27)45-3)28-9-6-23(18-39-28)33(43)46-4;1-20-14-24(16-25(15-20)35(36,37)38)32-21(2)42(34(44)47-32)19-29-26(8-11-31(40-29)41-12-5-13-41)27-17-22(7-10-30(27)45-3)23-6-9-28(39-18-23)33(43)46-4/h10-13,16-19,24,35H,8-9,14-15,20H2,1-7H3;2*6-11,14-18,21,32H,5,12-13,19H2,1-4H3/t24-,35-;2*21-,32-/m000/s1. The van der Waals surface area contributed by atoms with E-state index < -0.39 is 108 Å². The molecule has 0 bridgehead atoms. The summed E-state index contributed by atoms with van der Waals surface area (Å²) in [6.07, 6.45) is -12.1. The number of aromatic nitrogens is 6. The highest BCUT2D eigenvalue weighted by molar-refractivity contribution is 5.95. The Kier molecular flexibility index (Phi) is 29.5. The van der Waals surface area contributed by atoms with Crippen molar-refractivity contribution >= 4 is 53.6 Å². The van der Waals surface area contributed by atoms with Crippen LogP contribution in [0.3, 0.4) is 0 Å². The Balaban J connectivity index is 0.000000155. The van der Waals surface area contributed by atoms with E-state index in [2.05, 4.69) is 24.7 Å². The number of nitrogens with zero attached hydrogens (tertiary/aromatic N) is 12. The Morgan fingerprint density at radius 2 is 0.771 bits per heavy atom. The Morgan fingerprint density at radius 3 is 1.10 bits per heavy atom. The van der Waals surface area contributed by atoms with Crippen LogP contribution in [0.1, 0.15) is 175 Å². The third-order valence-corrected chi connectivity index (χ3v) is 27.0. The van der Waals surface area contributed by atoms with Crippen LogP contribution in [-0.4, -0.2) is 180 Å². The van der Waals surface area contributed by atoms with Gasteiger partial charge in [-0.3, -0.25) is 19.7 Å². The van der Waals surface area contributed by atoms with Crippen LogP contribution in [0.4, 0.5) is 71.4 Å². The molecule has 0 radical (unpaired) electrons. The van der Waals surface area contributed by atoms with Gasteiger partial charge in [0.15, 0.2) is 0 Å². The number of anilines is 3. The van der Waals surface area contributed by atoms with Crippen LogP contribution < -0.4 is 28.9 Å². The number of hydrogen-bond donors (Lipinski definition) is 0. The molecule has 36 heteroatoms. The van der Waals surface area contributed by atoms with Gasteiger partial charge >= 0.3 is 54.7 Å².